The fourth-order valence-electron chi connectivity index (χ4n) is 2.76. The summed E-state index contributed by atoms with van der Waals surface area (Å²) in [5.74, 6) is 1.69. The Morgan fingerprint density at radius 3 is 2.70 bits per heavy atom. The van der Waals surface area contributed by atoms with Crippen molar-refractivity contribution < 1.29 is 19.0 Å². The van der Waals surface area contributed by atoms with E-state index in [1.165, 1.54) is 0 Å². The van der Waals surface area contributed by atoms with E-state index in [1.807, 2.05) is 60.7 Å². The van der Waals surface area contributed by atoms with Crippen LogP contribution < -0.4 is 19.6 Å². The Balaban J connectivity index is 1.30. The smallest absolute Gasteiger partial charge is 0.277 e. The molecule has 0 spiro atoms. The van der Waals surface area contributed by atoms with Crippen LogP contribution in [0.4, 0.5) is 0 Å². The number of fused-ring (bicyclic) bond motifs is 2. The molecular formula is C21H18N2O4. The predicted molar refractivity (Wildman–Crippen MR) is 103 cm³/mol. The average molecular weight is 362 g/mol. The topological polar surface area (TPSA) is 69.2 Å². The van der Waals surface area contributed by atoms with Crippen molar-refractivity contribution in [3.05, 3.63) is 66.2 Å². The molecule has 1 N–H and O–H groups in total. The van der Waals surface area contributed by atoms with Crippen LogP contribution in [0.3, 0.4) is 0 Å². The van der Waals surface area contributed by atoms with E-state index in [0.717, 1.165) is 16.3 Å². The third kappa shape index (κ3) is 4.17. The van der Waals surface area contributed by atoms with Gasteiger partial charge in [0.05, 0.1) is 6.21 Å². The number of nitrogens with zero attached hydrogens (tertiary/aromatic N) is 1. The number of hydrazone groups is 1. The molecule has 0 atom stereocenters. The lowest BCUT2D eigenvalue weighted by Crippen LogP contribution is -2.24. The second kappa shape index (κ2) is 7.78. The average Bonchev–Trinajstić information content (AvgIpc) is 2.72. The molecule has 0 aromatic heterocycles. The lowest BCUT2D eigenvalue weighted by Gasteiger charge is -2.18. The Labute approximate surface area is 156 Å². The van der Waals surface area contributed by atoms with Crippen molar-refractivity contribution in [2.45, 2.75) is 0 Å². The van der Waals surface area contributed by atoms with Gasteiger partial charge in [-0.1, -0.05) is 30.3 Å². The molecular weight excluding hydrogens is 344 g/mol. The van der Waals surface area contributed by atoms with Crippen molar-refractivity contribution >= 4 is 22.9 Å². The first-order chi connectivity index (χ1) is 13.3. The number of rotatable bonds is 5. The molecule has 4 rings (SSSR count). The van der Waals surface area contributed by atoms with Gasteiger partial charge in [0.2, 0.25) is 0 Å². The monoisotopic (exact) mass is 362 g/mol. The van der Waals surface area contributed by atoms with Gasteiger partial charge in [0, 0.05) is 0 Å². The maximum absolute atomic E-state index is 11.9. The second-order valence-electron chi connectivity index (χ2n) is 5.99. The SMILES string of the molecule is O=C(COc1ccc2ccccc2c1)N/N=C\c1ccc2c(c1)OCCO2. The Morgan fingerprint density at radius 1 is 1.00 bits per heavy atom. The third-order valence-electron chi connectivity index (χ3n) is 4.06. The zero-order valence-electron chi connectivity index (χ0n) is 14.6. The molecule has 6 heteroatoms. The zero-order chi connectivity index (χ0) is 18.5. The highest BCUT2D eigenvalue weighted by molar-refractivity contribution is 5.85. The van der Waals surface area contributed by atoms with Crippen LogP contribution in [-0.2, 0) is 4.79 Å². The van der Waals surface area contributed by atoms with Gasteiger partial charge in [0.15, 0.2) is 18.1 Å². The normalized spacial score (nSPS) is 12.9. The van der Waals surface area contributed by atoms with Crippen LogP contribution in [0, 0.1) is 0 Å². The molecule has 1 aliphatic rings. The number of carbonyl (C=O) groups is 1. The van der Waals surface area contributed by atoms with E-state index >= 15 is 0 Å². The molecule has 1 heterocycles. The fourth-order valence-corrected chi connectivity index (χ4v) is 2.76. The molecule has 0 unspecified atom stereocenters. The zero-order valence-corrected chi connectivity index (χ0v) is 14.6. The first kappa shape index (κ1) is 16.9. The Bertz CT molecular complexity index is 1000. The molecule has 136 valence electrons. The minimum atomic E-state index is -0.336. The minimum absolute atomic E-state index is 0.114. The molecule has 3 aromatic carbocycles. The molecule has 6 nitrogen and oxygen atoms in total. The fraction of sp³-hybridized carbons (Fsp3) is 0.143. The van der Waals surface area contributed by atoms with Crippen LogP contribution in [0.25, 0.3) is 10.8 Å². The van der Waals surface area contributed by atoms with E-state index in [0.29, 0.717) is 30.5 Å². The van der Waals surface area contributed by atoms with Crippen molar-refractivity contribution in [3.63, 3.8) is 0 Å². The molecule has 27 heavy (non-hydrogen) atoms. The number of hydrogen-bond donors (Lipinski definition) is 1. The van der Waals surface area contributed by atoms with Crippen LogP contribution in [0.5, 0.6) is 17.2 Å². The van der Waals surface area contributed by atoms with E-state index in [1.54, 1.807) is 6.21 Å². The number of ether oxygens (including phenoxy) is 3. The predicted octanol–water partition coefficient (Wildman–Crippen LogP) is 3.14. The summed E-state index contributed by atoms with van der Waals surface area (Å²) in [6.07, 6.45) is 1.55. The largest absolute Gasteiger partial charge is 0.486 e. The highest BCUT2D eigenvalue weighted by Gasteiger charge is 2.11. The maximum Gasteiger partial charge on any atom is 0.277 e. The van der Waals surface area contributed by atoms with Gasteiger partial charge in [-0.2, -0.15) is 5.10 Å². The molecule has 0 bridgehead atoms. The molecule has 0 saturated carbocycles. The van der Waals surface area contributed by atoms with Crippen LogP contribution in [0.1, 0.15) is 5.56 Å². The van der Waals surface area contributed by atoms with Crippen LogP contribution >= 0.6 is 0 Å². The van der Waals surface area contributed by atoms with Gasteiger partial charge >= 0.3 is 0 Å². The minimum Gasteiger partial charge on any atom is -0.486 e. The summed E-state index contributed by atoms with van der Waals surface area (Å²) < 4.78 is 16.5. The number of carbonyl (C=O) groups excluding carboxylic acids is 1. The lowest BCUT2D eigenvalue weighted by atomic mass is 10.1. The van der Waals surface area contributed by atoms with Gasteiger partial charge in [-0.15, -0.1) is 0 Å². The summed E-state index contributed by atoms with van der Waals surface area (Å²) in [6, 6.07) is 19.2. The number of nitrogens with one attached hydrogen (secondary N) is 1. The van der Waals surface area contributed by atoms with Gasteiger partial charge in [-0.3, -0.25) is 4.79 Å². The van der Waals surface area contributed by atoms with Crippen molar-refractivity contribution in [3.8, 4) is 17.2 Å². The molecule has 0 radical (unpaired) electrons. The van der Waals surface area contributed by atoms with Gasteiger partial charge in [0.1, 0.15) is 19.0 Å². The summed E-state index contributed by atoms with van der Waals surface area (Å²) in [5.41, 5.74) is 3.25. The summed E-state index contributed by atoms with van der Waals surface area (Å²) >= 11 is 0. The Kier molecular flexibility index (Phi) is 4.87. The van der Waals surface area contributed by atoms with Crippen LogP contribution in [-0.4, -0.2) is 31.9 Å². The van der Waals surface area contributed by atoms with E-state index < -0.39 is 0 Å². The molecule has 1 amide bonds. The van der Waals surface area contributed by atoms with Gasteiger partial charge in [0.25, 0.3) is 5.91 Å². The van der Waals surface area contributed by atoms with E-state index in [2.05, 4.69) is 10.5 Å². The molecule has 3 aromatic rings. The molecule has 1 aliphatic heterocycles. The highest BCUT2D eigenvalue weighted by atomic mass is 16.6. The van der Waals surface area contributed by atoms with Gasteiger partial charge in [-0.25, -0.2) is 5.43 Å². The van der Waals surface area contributed by atoms with Crippen molar-refractivity contribution in [2.75, 3.05) is 19.8 Å². The standard InChI is InChI=1S/C21H18N2O4/c24-21(14-27-18-7-6-16-3-1-2-4-17(16)12-18)23-22-13-15-5-8-19-20(11-15)26-10-9-25-19/h1-8,11-13H,9-10,14H2,(H,23,24)/b22-13-. The van der Waals surface area contributed by atoms with E-state index in [9.17, 15) is 4.79 Å². The van der Waals surface area contributed by atoms with Gasteiger partial charge in [-0.05, 0) is 46.7 Å². The quantitative estimate of drug-likeness (QED) is 0.559. The van der Waals surface area contributed by atoms with Gasteiger partial charge < -0.3 is 14.2 Å². The molecule has 0 fully saturated rings. The number of benzene rings is 3. The summed E-state index contributed by atoms with van der Waals surface area (Å²) in [6.45, 7) is 0.959. The second-order valence-corrected chi connectivity index (χ2v) is 5.99. The number of hydrogen-bond acceptors (Lipinski definition) is 5. The van der Waals surface area contributed by atoms with Crippen molar-refractivity contribution in [1.29, 1.82) is 0 Å². The van der Waals surface area contributed by atoms with Crippen molar-refractivity contribution in [1.82, 2.24) is 5.43 Å². The first-order valence-electron chi connectivity index (χ1n) is 8.61. The summed E-state index contributed by atoms with van der Waals surface area (Å²) in [7, 11) is 0. The summed E-state index contributed by atoms with van der Waals surface area (Å²) in [4.78, 5) is 11.9. The Hall–Kier alpha value is -3.54. The molecule has 0 aliphatic carbocycles. The van der Waals surface area contributed by atoms with E-state index in [4.69, 9.17) is 14.2 Å². The summed E-state index contributed by atoms with van der Waals surface area (Å²) in [5, 5.41) is 6.14. The number of amides is 1. The van der Waals surface area contributed by atoms with E-state index in [-0.39, 0.29) is 12.5 Å². The first-order valence-corrected chi connectivity index (χ1v) is 8.61. The third-order valence-corrected chi connectivity index (χ3v) is 4.06. The van der Waals surface area contributed by atoms with Crippen LogP contribution in [0.2, 0.25) is 0 Å². The van der Waals surface area contributed by atoms with Crippen molar-refractivity contribution in [2.24, 2.45) is 5.10 Å². The highest BCUT2D eigenvalue weighted by Crippen LogP contribution is 2.30. The van der Waals surface area contributed by atoms with Crippen LogP contribution in [0.15, 0.2) is 65.8 Å². The molecule has 0 saturated heterocycles. The maximum atomic E-state index is 11.9. The lowest BCUT2D eigenvalue weighted by molar-refractivity contribution is -0.123. The Morgan fingerprint density at radius 2 is 1.81 bits per heavy atom.